The molecule has 4 rings (SSSR count). The summed E-state index contributed by atoms with van der Waals surface area (Å²) >= 11 is 0. The van der Waals surface area contributed by atoms with Gasteiger partial charge in [0.05, 0.1) is 5.69 Å². The average Bonchev–Trinajstić information content (AvgIpc) is 2.85. The third-order valence-electron chi connectivity index (χ3n) is 5.05. The molecule has 1 unspecified atom stereocenters. The van der Waals surface area contributed by atoms with Gasteiger partial charge in [-0.05, 0) is 48.9 Å². The van der Waals surface area contributed by atoms with Crippen molar-refractivity contribution in [1.29, 1.82) is 5.26 Å². The Labute approximate surface area is 196 Å². The first kappa shape index (κ1) is 22.4. The molecule has 2 aromatic heterocycles. The van der Waals surface area contributed by atoms with E-state index in [2.05, 4.69) is 26.3 Å². The van der Waals surface area contributed by atoms with Crippen molar-refractivity contribution < 1.29 is 14.6 Å². The van der Waals surface area contributed by atoms with E-state index in [-0.39, 0.29) is 5.88 Å². The molecule has 8 nitrogen and oxygen atoms in total. The van der Waals surface area contributed by atoms with Gasteiger partial charge >= 0.3 is 5.97 Å². The molecule has 34 heavy (non-hydrogen) atoms. The molecule has 0 fully saturated rings. The Hall–Kier alpha value is -4.77. The highest BCUT2D eigenvalue weighted by Crippen LogP contribution is 2.27. The minimum absolute atomic E-state index is 0.252. The lowest BCUT2D eigenvalue weighted by atomic mass is 10.1. The Kier molecular flexibility index (Phi) is 6.75. The van der Waals surface area contributed by atoms with Crippen LogP contribution in [0.3, 0.4) is 0 Å². The summed E-state index contributed by atoms with van der Waals surface area (Å²) in [5.74, 6) is 0.227. The summed E-state index contributed by atoms with van der Waals surface area (Å²) < 4.78 is 5.79. The van der Waals surface area contributed by atoms with E-state index in [1.807, 2.05) is 49.4 Å². The molecule has 0 radical (unpaired) electrons. The highest BCUT2D eigenvalue weighted by Gasteiger charge is 2.18. The summed E-state index contributed by atoms with van der Waals surface area (Å²) in [4.78, 5) is 24.5. The number of carbonyl (C=O) groups is 1. The summed E-state index contributed by atoms with van der Waals surface area (Å²) in [6.07, 6.45) is 1.71. The lowest BCUT2D eigenvalue weighted by molar-refractivity contribution is -0.137. The molecule has 4 aromatic rings. The summed E-state index contributed by atoms with van der Waals surface area (Å²) in [6.45, 7) is 1.83. The van der Waals surface area contributed by atoms with Gasteiger partial charge in [0.25, 0.3) is 0 Å². The van der Waals surface area contributed by atoms with Gasteiger partial charge in [-0.25, -0.2) is 19.7 Å². The Morgan fingerprint density at radius 3 is 2.56 bits per heavy atom. The molecule has 0 amide bonds. The van der Waals surface area contributed by atoms with Gasteiger partial charge in [0.2, 0.25) is 5.88 Å². The number of rotatable bonds is 8. The minimum atomic E-state index is -0.966. The number of carboxylic acid groups (broad SMARTS) is 1. The molecule has 0 spiro atoms. The summed E-state index contributed by atoms with van der Waals surface area (Å²) in [5.41, 5.74) is 3.43. The van der Waals surface area contributed by atoms with Crippen molar-refractivity contribution in [2.45, 2.75) is 19.4 Å². The van der Waals surface area contributed by atoms with Gasteiger partial charge in [0.15, 0.2) is 0 Å². The number of aliphatic carboxylic acids is 1. The maximum absolute atomic E-state index is 11.8. The van der Waals surface area contributed by atoms with Gasteiger partial charge < -0.3 is 15.2 Å². The van der Waals surface area contributed by atoms with Crippen LogP contribution in [0.2, 0.25) is 0 Å². The number of anilines is 1. The van der Waals surface area contributed by atoms with E-state index in [1.165, 1.54) is 6.33 Å². The van der Waals surface area contributed by atoms with E-state index < -0.39 is 12.0 Å². The molecule has 0 bridgehead atoms. The van der Waals surface area contributed by atoms with Crippen LogP contribution >= 0.6 is 0 Å². The quantitative estimate of drug-likeness (QED) is 0.398. The molecular weight excluding hydrogens is 430 g/mol. The molecule has 2 N–H and O–H groups in total. The molecule has 0 aliphatic heterocycles. The zero-order valence-electron chi connectivity index (χ0n) is 18.3. The number of aromatic nitrogens is 3. The molecule has 0 aliphatic carbocycles. The zero-order chi connectivity index (χ0) is 23.9. The molecule has 1 atom stereocenters. The van der Waals surface area contributed by atoms with E-state index >= 15 is 0 Å². The number of carboxylic acids is 1. The van der Waals surface area contributed by atoms with Crippen molar-refractivity contribution in [1.82, 2.24) is 15.0 Å². The predicted octanol–water partition coefficient (Wildman–Crippen LogP) is 4.62. The first-order valence-corrected chi connectivity index (χ1v) is 10.5. The van der Waals surface area contributed by atoms with Crippen molar-refractivity contribution in [2.24, 2.45) is 0 Å². The van der Waals surface area contributed by atoms with Crippen molar-refractivity contribution in [3.8, 4) is 29.0 Å². The lowest BCUT2D eigenvalue weighted by Gasteiger charge is -2.15. The number of nitriles is 1. The summed E-state index contributed by atoms with van der Waals surface area (Å²) in [5, 5.41) is 21.9. The minimum Gasteiger partial charge on any atom is -0.480 e. The Morgan fingerprint density at radius 2 is 1.85 bits per heavy atom. The van der Waals surface area contributed by atoms with Crippen molar-refractivity contribution in [2.75, 3.05) is 5.32 Å². The van der Waals surface area contributed by atoms with E-state index in [0.717, 1.165) is 16.8 Å². The van der Waals surface area contributed by atoms with Gasteiger partial charge in [-0.1, -0.05) is 30.3 Å². The van der Waals surface area contributed by atoms with Crippen LogP contribution in [0.25, 0.3) is 11.3 Å². The van der Waals surface area contributed by atoms with Crippen LogP contribution in [-0.2, 0) is 11.2 Å². The molecule has 0 aliphatic rings. The van der Waals surface area contributed by atoms with E-state index in [0.29, 0.717) is 29.2 Å². The van der Waals surface area contributed by atoms with Gasteiger partial charge in [0, 0.05) is 23.7 Å². The van der Waals surface area contributed by atoms with Gasteiger partial charge in [-0.15, -0.1) is 0 Å². The van der Waals surface area contributed by atoms with Crippen LogP contribution < -0.4 is 10.1 Å². The van der Waals surface area contributed by atoms with Crippen LogP contribution in [0.15, 0.2) is 79.1 Å². The number of hydrogen-bond donors (Lipinski definition) is 2. The van der Waals surface area contributed by atoms with Crippen LogP contribution in [-0.4, -0.2) is 32.1 Å². The fourth-order valence-corrected chi connectivity index (χ4v) is 3.32. The van der Waals surface area contributed by atoms with Crippen molar-refractivity contribution in [3.63, 3.8) is 0 Å². The second-order valence-corrected chi connectivity index (χ2v) is 7.56. The number of hydrogen-bond acceptors (Lipinski definition) is 7. The molecular formula is C26H21N5O3. The van der Waals surface area contributed by atoms with E-state index in [4.69, 9.17) is 4.74 Å². The van der Waals surface area contributed by atoms with Crippen molar-refractivity contribution >= 4 is 11.8 Å². The van der Waals surface area contributed by atoms with Crippen molar-refractivity contribution in [3.05, 3.63) is 95.9 Å². The van der Waals surface area contributed by atoms with E-state index in [9.17, 15) is 15.2 Å². The number of aryl methyl sites for hydroxylation is 1. The maximum atomic E-state index is 11.8. The first-order chi connectivity index (χ1) is 16.5. The summed E-state index contributed by atoms with van der Waals surface area (Å²) in [6, 6.07) is 22.9. The molecule has 0 saturated heterocycles. The number of nitrogens with one attached hydrogen (secondary N) is 1. The number of nitrogens with zero attached hydrogens (tertiary/aromatic N) is 4. The third-order valence-corrected chi connectivity index (χ3v) is 5.05. The standard InChI is InChI=1S/C26H21N5O3/c1-17-7-8-20(15-27)25(30-17)34-21-11-9-19(10-12-21)22-14-24(29-16-28-22)31-23(26(32)33)13-18-5-3-2-4-6-18/h2-12,14,16,23H,13H2,1H3,(H,32,33)(H,28,29,31). The zero-order valence-corrected chi connectivity index (χ0v) is 18.3. The van der Waals surface area contributed by atoms with Crippen LogP contribution in [0.4, 0.5) is 5.82 Å². The van der Waals surface area contributed by atoms with E-state index in [1.54, 1.807) is 30.3 Å². The fourth-order valence-electron chi connectivity index (χ4n) is 3.32. The maximum Gasteiger partial charge on any atom is 0.326 e. The normalized spacial score (nSPS) is 11.3. The second kappa shape index (κ2) is 10.2. The Bertz CT molecular complexity index is 1330. The smallest absolute Gasteiger partial charge is 0.326 e. The SMILES string of the molecule is Cc1ccc(C#N)c(Oc2ccc(-c3cc(NC(Cc4ccccc4)C(=O)O)ncn3)cc2)n1. The molecule has 0 saturated carbocycles. The number of ether oxygens (including phenoxy) is 1. The first-order valence-electron chi connectivity index (χ1n) is 10.5. The second-order valence-electron chi connectivity index (χ2n) is 7.56. The highest BCUT2D eigenvalue weighted by molar-refractivity contribution is 5.77. The Morgan fingerprint density at radius 1 is 1.09 bits per heavy atom. The van der Waals surface area contributed by atoms with Crippen LogP contribution in [0.1, 0.15) is 16.8 Å². The largest absolute Gasteiger partial charge is 0.480 e. The molecule has 8 heteroatoms. The highest BCUT2D eigenvalue weighted by atomic mass is 16.5. The van der Waals surface area contributed by atoms with Crippen LogP contribution in [0, 0.1) is 18.3 Å². The van der Waals surface area contributed by atoms with Gasteiger partial charge in [0.1, 0.15) is 35.6 Å². The van der Waals surface area contributed by atoms with Crippen LogP contribution in [0.5, 0.6) is 11.6 Å². The number of benzene rings is 2. The van der Waals surface area contributed by atoms with Gasteiger partial charge in [-0.2, -0.15) is 5.26 Å². The fraction of sp³-hybridized carbons (Fsp3) is 0.115. The average molecular weight is 451 g/mol. The van der Waals surface area contributed by atoms with Gasteiger partial charge in [-0.3, -0.25) is 0 Å². The molecule has 2 aromatic carbocycles. The topological polar surface area (TPSA) is 121 Å². The third kappa shape index (κ3) is 5.53. The number of pyridine rings is 1. The monoisotopic (exact) mass is 451 g/mol. The molecule has 2 heterocycles. The summed E-state index contributed by atoms with van der Waals surface area (Å²) in [7, 11) is 0. The predicted molar refractivity (Wildman–Crippen MR) is 126 cm³/mol. The Balaban J connectivity index is 1.49. The lowest BCUT2D eigenvalue weighted by Crippen LogP contribution is -2.31. The molecule has 168 valence electrons.